The van der Waals surface area contributed by atoms with Crippen molar-refractivity contribution in [1.29, 1.82) is 0 Å². The summed E-state index contributed by atoms with van der Waals surface area (Å²) in [6.07, 6.45) is 7.43. The maximum absolute atomic E-state index is 12.5. The summed E-state index contributed by atoms with van der Waals surface area (Å²) in [5.74, 6) is 0. The first kappa shape index (κ1) is 17.0. The summed E-state index contributed by atoms with van der Waals surface area (Å²) >= 11 is 0. The maximum atomic E-state index is 12.5. The van der Waals surface area contributed by atoms with Crippen LogP contribution in [-0.4, -0.2) is 24.7 Å². The van der Waals surface area contributed by atoms with Crippen LogP contribution in [0.3, 0.4) is 0 Å². The van der Waals surface area contributed by atoms with E-state index in [0.717, 1.165) is 36.1 Å². The Morgan fingerprint density at radius 3 is 2.69 bits per heavy atom. The van der Waals surface area contributed by atoms with Gasteiger partial charge in [0.25, 0.3) is 0 Å². The SMILES string of the molecule is O=S(=O)(NCCc1cnn(-c2ccccc2)c1)c1ccc2c(c1)CCC2. The van der Waals surface area contributed by atoms with E-state index < -0.39 is 10.0 Å². The molecule has 0 fully saturated rings. The molecule has 1 aliphatic rings. The minimum Gasteiger partial charge on any atom is -0.241 e. The van der Waals surface area contributed by atoms with Crippen molar-refractivity contribution in [3.8, 4) is 5.69 Å². The van der Waals surface area contributed by atoms with Gasteiger partial charge in [0.2, 0.25) is 10.0 Å². The molecule has 26 heavy (non-hydrogen) atoms. The van der Waals surface area contributed by atoms with Crippen molar-refractivity contribution < 1.29 is 8.42 Å². The molecule has 134 valence electrons. The monoisotopic (exact) mass is 367 g/mol. The van der Waals surface area contributed by atoms with E-state index in [1.165, 1.54) is 5.56 Å². The Balaban J connectivity index is 1.39. The van der Waals surface area contributed by atoms with E-state index in [1.807, 2.05) is 48.7 Å². The first-order valence-electron chi connectivity index (χ1n) is 8.82. The van der Waals surface area contributed by atoms with E-state index in [4.69, 9.17) is 0 Å². The lowest BCUT2D eigenvalue weighted by atomic mass is 10.1. The van der Waals surface area contributed by atoms with E-state index in [9.17, 15) is 8.42 Å². The second-order valence-corrected chi connectivity index (χ2v) is 8.33. The predicted molar refractivity (Wildman–Crippen MR) is 101 cm³/mol. The fourth-order valence-corrected chi connectivity index (χ4v) is 4.42. The van der Waals surface area contributed by atoms with Gasteiger partial charge < -0.3 is 0 Å². The molecule has 4 rings (SSSR count). The van der Waals surface area contributed by atoms with Crippen molar-refractivity contribution in [2.45, 2.75) is 30.6 Å². The Kier molecular flexibility index (Phi) is 4.61. The number of sulfonamides is 1. The van der Waals surface area contributed by atoms with Crippen molar-refractivity contribution in [3.05, 3.63) is 77.6 Å². The lowest BCUT2D eigenvalue weighted by Crippen LogP contribution is -2.26. The summed E-state index contributed by atoms with van der Waals surface area (Å²) < 4.78 is 29.5. The molecule has 0 unspecified atom stereocenters. The van der Waals surface area contributed by atoms with Crippen molar-refractivity contribution in [2.75, 3.05) is 6.54 Å². The predicted octanol–water partition coefficient (Wildman–Crippen LogP) is 2.88. The van der Waals surface area contributed by atoms with Gasteiger partial charge in [-0.25, -0.2) is 17.8 Å². The molecule has 0 spiro atoms. The smallest absolute Gasteiger partial charge is 0.240 e. The van der Waals surface area contributed by atoms with Crippen LogP contribution in [-0.2, 0) is 29.3 Å². The normalized spacial score (nSPS) is 13.7. The molecule has 3 aromatic rings. The number of nitrogens with zero attached hydrogens (tertiary/aromatic N) is 2. The zero-order valence-electron chi connectivity index (χ0n) is 14.4. The minimum absolute atomic E-state index is 0.347. The molecule has 0 bridgehead atoms. The molecule has 1 aromatic heterocycles. The standard InChI is InChI=1S/C20H21N3O2S/c24-26(25,20-10-9-17-5-4-6-18(17)13-20)22-12-11-16-14-21-23(15-16)19-7-2-1-3-8-19/h1-3,7-10,13-15,22H,4-6,11-12H2. The second-order valence-electron chi connectivity index (χ2n) is 6.56. The van der Waals surface area contributed by atoms with Crippen LogP contribution < -0.4 is 4.72 Å². The van der Waals surface area contributed by atoms with Crippen molar-refractivity contribution >= 4 is 10.0 Å². The Morgan fingerprint density at radius 1 is 1.04 bits per heavy atom. The Bertz CT molecular complexity index is 1010. The molecule has 5 nitrogen and oxygen atoms in total. The summed E-state index contributed by atoms with van der Waals surface area (Å²) in [5, 5.41) is 4.34. The molecule has 2 aromatic carbocycles. The molecule has 1 N–H and O–H groups in total. The third-order valence-corrected chi connectivity index (χ3v) is 6.20. The maximum Gasteiger partial charge on any atom is 0.240 e. The van der Waals surface area contributed by atoms with Gasteiger partial charge in [-0.15, -0.1) is 0 Å². The Labute approximate surface area is 153 Å². The van der Waals surface area contributed by atoms with Gasteiger partial charge in [0.05, 0.1) is 16.8 Å². The Hall–Kier alpha value is -2.44. The van der Waals surface area contributed by atoms with Gasteiger partial charge in [0.1, 0.15) is 0 Å². The summed E-state index contributed by atoms with van der Waals surface area (Å²) in [5.41, 5.74) is 4.41. The summed E-state index contributed by atoms with van der Waals surface area (Å²) in [6.45, 7) is 0.347. The number of benzene rings is 2. The number of nitrogens with one attached hydrogen (secondary N) is 1. The van der Waals surface area contributed by atoms with Crippen LogP contribution in [0.25, 0.3) is 5.69 Å². The molecule has 0 atom stereocenters. The lowest BCUT2D eigenvalue weighted by molar-refractivity contribution is 0.581. The van der Waals surface area contributed by atoms with Gasteiger partial charge in [0, 0.05) is 12.7 Å². The quantitative estimate of drug-likeness (QED) is 0.729. The van der Waals surface area contributed by atoms with Gasteiger partial charge in [-0.3, -0.25) is 0 Å². The molecule has 6 heteroatoms. The number of aromatic nitrogens is 2. The molecule has 1 heterocycles. The van der Waals surface area contributed by atoms with Gasteiger partial charge in [0.15, 0.2) is 0 Å². The van der Waals surface area contributed by atoms with Gasteiger partial charge >= 0.3 is 0 Å². The summed E-state index contributed by atoms with van der Waals surface area (Å²) in [6, 6.07) is 15.3. The van der Waals surface area contributed by atoms with Crippen molar-refractivity contribution in [2.24, 2.45) is 0 Å². The summed E-state index contributed by atoms with van der Waals surface area (Å²) in [4.78, 5) is 0.359. The van der Waals surface area contributed by atoms with Crippen LogP contribution >= 0.6 is 0 Å². The fourth-order valence-electron chi connectivity index (χ4n) is 3.34. The number of aryl methyl sites for hydroxylation is 2. The van der Waals surface area contributed by atoms with Crippen LogP contribution in [0.2, 0.25) is 0 Å². The number of hydrogen-bond acceptors (Lipinski definition) is 3. The lowest BCUT2D eigenvalue weighted by Gasteiger charge is -2.08. The topological polar surface area (TPSA) is 64.0 Å². The van der Waals surface area contributed by atoms with E-state index in [0.29, 0.717) is 17.9 Å². The second kappa shape index (κ2) is 7.05. The van der Waals surface area contributed by atoms with Crippen LogP contribution in [0, 0.1) is 0 Å². The zero-order valence-corrected chi connectivity index (χ0v) is 15.2. The van der Waals surface area contributed by atoms with E-state index in [2.05, 4.69) is 9.82 Å². The van der Waals surface area contributed by atoms with Crippen LogP contribution in [0.15, 0.2) is 65.8 Å². The molecular formula is C20H21N3O2S. The average Bonchev–Trinajstić information content (AvgIpc) is 3.31. The van der Waals surface area contributed by atoms with Crippen molar-refractivity contribution in [1.82, 2.24) is 14.5 Å². The highest BCUT2D eigenvalue weighted by Gasteiger charge is 2.18. The number of fused-ring (bicyclic) bond motifs is 1. The third kappa shape index (κ3) is 3.57. The molecule has 1 aliphatic carbocycles. The van der Waals surface area contributed by atoms with E-state index in [-0.39, 0.29) is 0 Å². The molecule has 0 radical (unpaired) electrons. The molecule has 0 saturated heterocycles. The highest BCUT2D eigenvalue weighted by atomic mass is 32.2. The van der Waals surface area contributed by atoms with Crippen LogP contribution in [0.4, 0.5) is 0 Å². The third-order valence-electron chi connectivity index (χ3n) is 4.74. The van der Waals surface area contributed by atoms with E-state index >= 15 is 0 Å². The highest BCUT2D eigenvalue weighted by molar-refractivity contribution is 7.89. The van der Waals surface area contributed by atoms with Crippen LogP contribution in [0.1, 0.15) is 23.1 Å². The number of para-hydroxylation sites is 1. The minimum atomic E-state index is -3.47. The number of hydrogen-bond donors (Lipinski definition) is 1. The first-order valence-corrected chi connectivity index (χ1v) is 10.3. The molecular weight excluding hydrogens is 346 g/mol. The van der Waals surface area contributed by atoms with Crippen LogP contribution in [0.5, 0.6) is 0 Å². The van der Waals surface area contributed by atoms with Gasteiger partial charge in [-0.05, 0) is 66.6 Å². The molecule has 0 amide bonds. The average molecular weight is 367 g/mol. The Morgan fingerprint density at radius 2 is 1.85 bits per heavy atom. The number of rotatable bonds is 6. The van der Waals surface area contributed by atoms with Gasteiger partial charge in [-0.2, -0.15) is 5.10 Å². The molecule has 0 aliphatic heterocycles. The van der Waals surface area contributed by atoms with E-state index in [1.54, 1.807) is 16.9 Å². The molecule has 0 saturated carbocycles. The largest absolute Gasteiger partial charge is 0.241 e. The van der Waals surface area contributed by atoms with Crippen molar-refractivity contribution in [3.63, 3.8) is 0 Å². The van der Waals surface area contributed by atoms with Gasteiger partial charge in [-0.1, -0.05) is 24.3 Å². The fraction of sp³-hybridized carbons (Fsp3) is 0.250. The highest BCUT2D eigenvalue weighted by Crippen LogP contribution is 2.24. The summed E-state index contributed by atoms with van der Waals surface area (Å²) in [7, 11) is -3.47. The zero-order chi connectivity index (χ0) is 18.0. The first-order chi connectivity index (χ1) is 12.6.